The molecule has 0 aliphatic heterocycles. The molecule has 0 saturated heterocycles. The maximum absolute atomic E-state index is 6.77. The minimum atomic E-state index is 0.595. The first kappa shape index (κ1) is 31.9. The third kappa shape index (κ3) is 5.21. The Morgan fingerprint density at radius 3 is 1.64 bits per heavy atom. The Morgan fingerprint density at radius 2 is 0.893 bits per heavy atom. The van der Waals surface area contributed by atoms with Crippen molar-refractivity contribution in [3.63, 3.8) is 0 Å². The van der Waals surface area contributed by atoms with Crippen LogP contribution in [0.15, 0.2) is 199 Å². The normalized spacial score (nSPS) is 11.6. The van der Waals surface area contributed by atoms with E-state index in [1.165, 1.54) is 0 Å². The van der Waals surface area contributed by atoms with E-state index in [4.69, 9.17) is 19.4 Å². The summed E-state index contributed by atoms with van der Waals surface area (Å²) in [6.45, 7) is 0. The van der Waals surface area contributed by atoms with Crippen LogP contribution in [0.2, 0.25) is 0 Å². The van der Waals surface area contributed by atoms with Crippen LogP contribution in [0.4, 0.5) is 0 Å². The first-order valence-electron chi connectivity index (χ1n) is 18.8. The average Bonchev–Trinajstić information content (AvgIpc) is 3.83. The summed E-state index contributed by atoms with van der Waals surface area (Å²) in [7, 11) is 0. The standard InChI is InChI=1S/C51H32N4O/c1-4-15-33(16-5-1)34-27-29-37(30-28-34)50-52-49(36-19-8-3-9-20-36)53-51(54-50)41-22-11-13-26-44(41)55-43-25-12-10-21-39(43)40-31-32-45-46(47(40)55)42-24-14-23-38(48(42)56-45)35-17-6-2-7-18-35/h1-32H. The summed E-state index contributed by atoms with van der Waals surface area (Å²) >= 11 is 0. The minimum Gasteiger partial charge on any atom is -0.455 e. The van der Waals surface area contributed by atoms with Crippen molar-refractivity contribution < 1.29 is 4.42 Å². The molecule has 0 unspecified atom stereocenters. The summed E-state index contributed by atoms with van der Waals surface area (Å²) < 4.78 is 9.14. The van der Waals surface area contributed by atoms with Gasteiger partial charge in [0.05, 0.1) is 22.1 Å². The Morgan fingerprint density at radius 1 is 0.357 bits per heavy atom. The van der Waals surface area contributed by atoms with E-state index in [1.807, 2.05) is 42.5 Å². The lowest BCUT2D eigenvalue weighted by Gasteiger charge is -2.15. The second kappa shape index (κ2) is 13.0. The van der Waals surface area contributed by atoms with Crippen molar-refractivity contribution in [1.29, 1.82) is 0 Å². The second-order valence-corrected chi connectivity index (χ2v) is 14.0. The number of hydrogen-bond donors (Lipinski definition) is 0. The monoisotopic (exact) mass is 716 g/mol. The second-order valence-electron chi connectivity index (χ2n) is 14.0. The predicted molar refractivity (Wildman–Crippen MR) is 229 cm³/mol. The quantitative estimate of drug-likeness (QED) is 0.172. The molecule has 0 radical (unpaired) electrons. The lowest BCUT2D eigenvalue weighted by molar-refractivity contribution is 0.670. The Labute approximate surface area is 322 Å². The molecule has 0 amide bonds. The number of para-hydroxylation sites is 3. The number of benzene rings is 8. The summed E-state index contributed by atoms with van der Waals surface area (Å²) in [6, 6.07) is 67.2. The van der Waals surface area contributed by atoms with Gasteiger partial charge in [0.2, 0.25) is 0 Å². The van der Waals surface area contributed by atoms with Gasteiger partial charge in [0.1, 0.15) is 11.2 Å². The highest BCUT2D eigenvalue weighted by atomic mass is 16.3. The van der Waals surface area contributed by atoms with Crippen LogP contribution in [0.1, 0.15) is 0 Å². The third-order valence-corrected chi connectivity index (χ3v) is 10.7. The molecule has 56 heavy (non-hydrogen) atoms. The molecule has 0 spiro atoms. The first-order chi connectivity index (χ1) is 27.8. The van der Waals surface area contributed by atoms with Crippen LogP contribution in [0, 0.1) is 0 Å². The van der Waals surface area contributed by atoms with Crippen LogP contribution in [0.5, 0.6) is 0 Å². The van der Waals surface area contributed by atoms with Gasteiger partial charge < -0.3 is 8.98 Å². The van der Waals surface area contributed by atoms with E-state index in [0.29, 0.717) is 17.5 Å². The van der Waals surface area contributed by atoms with Crippen molar-refractivity contribution in [3.05, 3.63) is 194 Å². The molecule has 262 valence electrons. The zero-order chi connectivity index (χ0) is 37.0. The molecule has 0 bridgehead atoms. The minimum absolute atomic E-state index is 0.595. The van der Waals surface area contributed by atoms with Crippen molar-refractivity contribution in [3.8, 4) is 62.1 Å². The highest BCUT2D eigenvalue weighted by Gasteiger charge is 2.23. The molecular weight excluding hydrogens is 685 g/mol. The van der Waals surface area contributed by atoms with Crippen molar-refractivity contribution >= 4 is 43.7 Å². The number of fused-ring (bicyclic) bond motifs is 7. The van der Waals surface area contributed by atoms with E-state index in [1.54, 1.807) is 0 Å². The van der Waals surface area contributed by atoms with Crippen LogP contribution < -0.4 is 0 Å². The topological polar surface area (TPSA) is 56.7 Å². The first-order valence-corrected chi connectivity index (χ1v) is 18.8. The number of rotatable bonds is 6. The van der Waals surface area contributed by atoms with E-state index < -0.39 is 0 Å². The Hall–Kier alpha value is -7.63. The van der Waals surface area contributed by atoms with Gasteiger partial charge in [-0.25, -0.2) is 15.0 Å². The fourth-order valence-corrected chi connectivity index (χ4v) is 8.08. The lowest BCUT2D eigenvalue weighted by Crippen LogP contribution is -2.03. The number of furan rings is 1. The summed E-state index contributed by atoms with van der Waals surface area (Å²) in [5.74, 6) is 1.83. The molecule has 11 aromatic rings. The Balaban J connectivity index is 1.16. The molecule has 5 nitrogen and oxygen atoms in total. The van der Waals surface area contributed by atoms with E-state index >= 15 is 0 Å². The molecule has 5 heteroatoms. The van der Waals surface area contributed by atoms with Gasteiger partial charge in [-0.05, 0) is 47.0 Å². The highest BCUT2D eigenvalue weighted by Crippen LogP contribution is 2.44. The molecule has 11 rings (SSSR count). The molecule has 0 atom stereocenters. The largest absolute Gasteiger partial charge is 0.455 e. The van der Waals surface area contributed by atoms with Crippen LogP contribution in [-0.4, -0.2) is 19.5 Å². The molecule has 0 fully saturated rings. The summed E-state index contributed by atoms with van der Waals surface area (Å²) in [4.78, 5) is 15.5. The van der Waals surface area contributed by atoms with Crippen LogP contribution in [0.3, 0.4) is 0 Å². The number of hydrogen-bond acceptors (Lipinski definition) is 4. The van der Waals surface area contributed by atoms with Gasteiger partial charge in [-0.1, -0.05) is 164 Å². The molecule has 8 aromatic carbocycles. The van der Waals surface area contributed by atoms with Crippen molar-refractivity contribution in [2.24, 2.45) is 0 Å². The Bertz CT molecular complexity index is 3220. The van der Waals surface area contributed by atoms with E-state index in [0.717, 1.165) is 88.4 Å². The van der Waals surface area contributed by atoms with Gasteiger partial charge >= 0.3 is 0 Å². The summed E-state index contributed by atoms with van der Waals surface area (Å²) in [5, 5.41) is 4.45. The third-order valence-electron chi connectivity index (χ3n) is 10.7. The van der Waals surface area contributed by atoms with Crippen LogP contribution in [0.25, 0.3) is 106 Å². The van der Waals surface area contributed by atoms with Gasteiger partial charge in [0, 0.05) is 38.4 Å². The summed E-state index contributed by atoms with van der Waals surface area (Å²) in [5.41, 5.74) is 12.1. The van der Waals surface area contributed by atoms with Gasteiger partial charge in [-0.15, -0.1) is 0 Å². The highest BCUT2D eigenvalue weighted by molar-refractivity contribution is 6.25. The fourth-order valence-electron chi connectivity index (χ4n) is 8.08. The predicted octanol–water partition coefficient (Wildman–Crippen LogP) is 13.2. The van der Waals surface area contributed by atoms with Gasteiger partial charge in [0.25, 0.3) is 0 Å². The molecule has 3 aromatic heterocycles. The smallest absolute Gasteiger partial charge is 0.166 e. The van der Waals surface area contributed by atoms with E-state index in [2.05, 4.69) is 156 Å². The maximum Gasteiger partial charge on any atom is 0.166 e. The van der Waals surface area contributed by atoms with E-state index in [9.17, 15) is 0 Å². The SMILES string of the molecule is c1ccc(-c2ccc(-c3nc(-c4ccccc4)nc(-c4ccccc4-n4c5ccccc5c5ccc6oc7c(-c8ccccc8)cccc7c6c54)n3)cc2)cc1. The van der Waals surface area contributed by atoms with Crippen LogP contribution >= 0.6 is 0 Å². The molecule has 0 N–H and O–H groups in total. The van der Waals surface area contributed by atoms with Crippen molar-refractivity contribution in [2.75, 3.05) is 0 Å². The van der Waals surface area contributed by atoms with Gasteiger partial charge in [0.15, 0.2) is 17.5 Å². The molecule has 0 aliphatic rings. The average molecular weight is 717 g/mol. The van der Waals surface area contributed by atoms with Gasteiger partial charge in [-0.2, -0.15) is 0 Å². The number of aromatic nitrogens is 4. The zero-order valence-corrected chi connectivity index (χ0v) is 30.2. The lowest BCUT2D eigenvalue weighted by atomic mass is 10.0. The van der Waals surface area contributed by atoms with Gasteiger partial charge in [-0.3, -0.25) is 0 Å². The number of nitrogens with zero attached hydrogens (tertiary/aromatic N) is 4. The zero-order valence-electron chi connectivity index (χ0n) is 30.2. The Kier molecular flexibility index (Phi) is 7.42. The van der Waals surface area contributed by atoms with E-state index in [-0.39, 0.29) is 0 Å². The summed E-state index contributed by atoms with van der Waals surface area (Å²) in [6.07, 6.45) is 0. The molecule has 0 aliphatic carbocycles. The van der Waals surface area contributed by atoms with Crippen molar-refractivity contribution in [2.45, 2.75) is 0 Å². The molecular formula is C51H32N4O. The molecule has 3 heterocycles. The van der Waals surface area contributed by atoms with Crippen LogP contribution in [-0.2, 0) is 0 Å². The van der Waals surface area contributed by atoms with Crippen molar-refractivity contribution in [1.82, 2.24) is 19.5 Å². The molecule has 0 saturated carbocycles. The fraction of sp³-hybridized carbons (Fsp3) is 0. The maximum atomic E-state index is 6.77.